The van der Waals surface area contributed by atoms with E-state index in [-0.39, 0.29) is 5.75 Å². The molecule has 4 nitrogen and oxygen atoms in total. The van der Waals surface area contributed by atoms with Gasteiger partial charge in [0.1, 0.15) is 0 Å². The fourth-order valence-corrected chi connectivity index (χ4v) is 4.05. The van der Waals surface area contributed by atoms with Gasteiger partial charge in [-0.1, -0.05) is 28.1 Å². The van der Waals surface area contributed by atoms with Crippen molar-refractivity contribution in [3.63, 3.8) is 0 Å². The van der Waals surface area contributed by atoms with E-state index >= 15 is 0 Å². The van der Waals surface area contributed by atoms with Crippen LogP contribution in [0.1, 0.15) is 18.9 Å². The molecule has 18 heavy (non-hydrogen) atoms. The molecule has 1 aromatic rings. The molecule has 1 fully saturated rings. The molecule has 1 aliphatic rings. The quantitative estimate of drug-likeness (QED) is 0.917. The van der Waals surface area contributed by atoms with Crippen molar-refractivity contribution in [3.05, 3.63) is 34.3 Å². The summed E-state index contributed by atoms with van der Waals surface area (Å²) < 4.78 is 33.0. The molecule has 0 aliphatic carbocycles. The first-order valence-electron chi connectivity index (χ1n) is 5.72. The number of ether oxygens (including phenoxy) is 1. The zero-order valence-corrected chi connectivity index (χ0v) is 12.6. The molecule has 1 aromatic carbocycles. The van der Waals surface area contributed by atoms with Gasteiger partial charge < -0.3 is 4.74 Å². The predicted octanol–water partition coefficient (Wildman–Crippen LogP) is 2.05. The monoisotopic (exact) mass is 333 g/mol. The minimum atomic E-state index is -3.34. The minimum absolute atomic E-state index is 0.0119. The van der Waals surface area contributed by atoms with Crippen molar-refractivity contribution < 1.29 is 13.2 Å². The van der Waals surface area contributed by atoms with Crippen LogP contribution in [-0.4, -0.2) is 27.2 Å². The van der Waals surface area contributed by atoms with Gasteiger partial charge in [0.05, 0.1) is 17.9 Å². The Morgan fingerprint density at radius 2 is 2.28 bits per heavy atom. The van der Waals surface area contributed by atoms with Gasteiger partial charge in [-0.15, -0.1) is 0 Å². The second kappa shape index (κ2) is 5.28. The van der Waals surface area contributed by atoms with Crippen LogP contribution in [-0.2, 0) is 20.5 Å². The first-order chi connectivity index (χ1) is 8.39. The third-order valence-electron chi connectivity index (χ3n) is 2.87. The van der Waals surface area contributed by atoms with Gasteiger partial charge >= 0.3 is 0 Å². The Labute approximate surface area is 116 Å². The summed E-state index contributed by atoms with van der Waals surface area (Å²) >= 11 is 3.33. The van der Waals surface area contributed by atoms with E-state index in [2.05, 4.69) is 20.7 Å². The highest BCUT2D eigenvalue weighted by atomic mass is 79.9. The summed E-state index contributed by atoms with van der Waals surface area (Å²) in [6, 6.07) is 7.31. The van der Waals surface area contributed by atoms with Crippen LogP contribution in [0.25, 0.3) is 0 Å². The Morgan fingerprint density at radius 1 is 1.50 bits per heavy atom. The smallest absolute Gasteiger partial charge is 0.216 e. The summed E-state index contributed by atoms with van der Waals surface area (Å²) in [4.78, 5) is 0. The molecular weight excluding hydrogens is 318 g/mol. The average Bonchev–Trinajstić information content (AvgIpc) is 2.62. The predicted molar refractivity (Wildman–Crippen MR) is 73.7 cm³/mol. The third kappa shape index (κ3) is 3.78. The maximum Gasteiger partial charge on any atom is 0.216 e. The topological polar surface area (TPSA) is 55.4 Å². The molecule has 1 unspecified atom stereocenters. The Morgan fingerprint density at radius 3 is 2.89 bits per heavy atom. The lowest BCUT2D eigenvalue weighted by atomic mass is 10.0. The highest BCUT2D eigenvalue weighted by molar-refractivity contribution is 9.10. The molecule has 0 amide bonds. The number of sulfonamides is 1. The fraction of sp³-hybridized carbons (Fsp3) is 0.500. The summed E-state index contributed by atoms with van der Waals surface area (Å²) in [5, 5.41) is 0. The maximum absolute atomic E-state index is 12.1. The Bertz CT molecular complexity index is 524. The Kier molecular flexibility index (Phi) is 4.11. The van der Waals surface area contributed by atoms with Crippen LogP contribution in [0.5, 0.6) is 0 Å². The molecule has 0 aromatic heterocycles. The van der Waals surface area contributed by atoms with Crippen LogP contribution >= 0.6 is 15.9 Å². The number of hydrogen-bond acceptors (Lipinski definition) is 3. The fourth-order valence-electron chi connectivity index (χ4n) is 2.01. The number of hydrogen-bond donors (Lipinski definition) is 1. The number of rotatable bonds is 4. The molecule has 100 valence electrons. The molecular formula is C12H16BrNO3S. The molecule has 0 radical (unpaired) electrons. The van der Waals surface area contributed by atoms with Gasteiger partial charge in [-0.25, -0.2) is 13.1 Å². The normalized spacial score (nSPS) is 24.3. The van der Waals surface area contributed by atoms with Crippen molar-refractivity contribution in [1.29, 1.82) is 0 Å². The Balaban J connectivity index is 2.08. The van der Waals surface area contributed by atoms with Crippen molar-refractivity contribution in [2.75, 3.05) is 13.2 Å². The molecule has 0 bridgehead atoms. The average molecular weight is 334 g/mol. The van der Waals surface area contributed by atoms with E-state index in [9.17, 15) is 8.42 Å². The van der Waals surface area contributed by atoms with E-state index in [1.54, 1.807) is 6.07 Å². The van der Waals surface area contributed by atoms with Crippen molar-refractivity contribution in [2.24, 2.45) is 0 Å². The molecule has 1 aliphatic heterocycles. The van der Waals surface area contributed by atoms with Crippen molar-refractivity contribution in [1.82, 2.24) is 4.72 Å². The molecule has 1 N–H and O–H groups in total. The van der Waals surface area contributed by atoms with Gasteiger partial charge in [0.15, 0.2) is 0 Å². The summed E-state index contributed by atoms with van der Waals surface area (Å²) in [6.45, 7) is 2.92. The number of halogens is 1. The van der Waals surface area contributed by atoms with Crippen LogP contribution in [0.4, 0.5) is 0 Å². The summed E-state index contributed by atoms with van der Waals surface area (Å²) in [5.74, 6) is -0.0119. The first kappa shape index (κ1) is 14.0. The third-order valence-corrected chi connectivity index (χ3v) is 4.88. The van der Waals surface area contributed by atoms with Crippen LogP contribution in [0.3, 0.4) is 0 Å². The zero-order chi connectivity index (χ0) is 13.2. The molecule has 0 saturated carbocycles. The molecule has 6 heteroatoms. The molecule has 1 atom stereocenters. The van der Waals surface area contributed by atoms with Crippen LogP contribution in [0, 0.1) is 0 Å². The minimum Gasteiger partial charge on any atom is -0.379 e. The van der Waals surface area contributed by atoms with E-state index in [1.807, 2.05) is 25.1 Å². The van der Waals surface area contributed by atoms with E-state index in [0.717, 1.165) is 10.0 Å². The van der Waals surface area contributed by atoms with E-state index in [4.69, 9.17) is 4.74 Å². The van der Waals surface area contributed by atoms with Gasteiger partial charge in [-0.3, -0.25) is 0 Å². The largest absolute Gasteiger partial charge is 0.379 e. The molecule has 0 spiro atoms. The number of benzene rings is 1. The van der Waals surface area contributed by atoms with Gasteiger partial charge in [0, 0.05) is 11.1 Å². The van der Waals surface area contributed by atoms with Crippen LogP contribution in [0.15, 0.2) is 28.7 Å². The molecule has 1 heterocycles. The highest BCUT2D eigenvalue weighted by Crippen LogP contribution is 2.20. The summed E-state index contributed by atoms with van der Waals surface area (Å²) in [5.41, 5.74) is 0.296. The zero-order valence-electron chi connectivity index (χ0n) is 10.1. The molecule has 1 saturated heterocycles. The van der Waals surface area contributed by atoms with E-state index in [0.29, 0.717) is 19.6 Å². The standard InChI is InChI=1S/C12H16BrNO3S/c1-12(5-6-17-9-12)14-18(15,16)8-10-3-2-4-11(13)7-10/h2-4,7,14H,5-6,8-9H2,1H3. The second-order valence-corrected chi connectivity index (χ2v) is 7.49. The van der Waals surface area contributed by atoms with Crippen LogP contribution in [0.2, 0.25) is 0 Å². The van der Waals surface area contributed by atoms with Crippen molar-refractivity contribution in [3.8, 4) is 0 Å². The lowest BCUT2D eigenvalue weighted by Gasteiger charge is -2.23. The first-order valence-corrected chi connectivity index (χ1v) is 8.17. The van der Waals surface area contributed by atoms with E-state index < -0.39 is 15.6 Å². The van der Waals surface area contributed by atoms with Gasteiger partial charge in [-0.2, -0.15) is 0 Å². The van der Waals surface area contributed by atoms with E-state index in [1.165, 1.54) is 0 Å². The second-order valence-electron chi connectivity index (χ2n) is 4.85. The van der Waals surface area contributed by atoms with Gasteiger partial charge in [0.2, 0.25) is 10.0 Å². The van der Waals surface area contributed by atoms with Crippen LogP contribution < -0.4 is 4.72 Å². The van der Waals surface area contributed by atoms with Crippen molar-refractivity contribution >= 4 is 26.0 Å². The SMILES string of the molecule is CC1(NS(=O)(=O)Cc2cccc(Br)c2)CCOC1. The number of nitrogens with one attached hydrogen (secondary N) is 1. The highest BCUT2D eigenvalue weighted by Gasteiger charge is 2.33. The maximum atomic E-state index is 12.1. The lowest BCUT2D eigenvalue weighted by Crippen LogP contribution is -2.46. The van der Waals surface area contributed by atoms with Crippen molar-refractivity contribution in [2.45, 2.75) is 24.6 Å². The summed E-state index contributed by atoms with van der Waals surface area (Å²) in [7, 11) is -3.34. The molecule has 2 rings (SSSR count). The Hall–Kier alpha value is -0.430. The lowest BCUT2D eigenvalue weighted by molar-refractivity contribution is 0.178. The summed E-state index contributed by atoms with van der Waals surface area (Å²) in [6.07, 6.45) is 0.713. The van der Waals surface area contributed by atoms with Gasteiger partial charge in [-0.05, 0) is 31.0 Å². The van der Waals surface area contributed by atoms with Gasteiger partial charge in [0.25, 0.3) is 0 Å².